The summed E-state index contributed by atoms with van der Waals surface area (Å²) in [6.45, 7) is 3.90. The van der Waals surface area contributed by atoms with Crippen LogP contribution >= 0.6 is 0 Å². The van der Waals surface area contributed by atoms with Crippen LogP contribution in [0.15, 0.2) is 66.1 Å². The van der Waals surface area contributed by atoms with Gasteiger partial charge in [0.25, 0.3) is 10.0 Å². The second kappa shape index (κ2) is 13.1. The molecule has 1 aromatic heterocycles. The standard InChI is InChI=1S/C24H30N4O3S.C2HF3O2/c1-3-11-25-22-16-31-23-10-9-19(14-27-32(29,30)24-15-28(2)17-26-24)13-21(23)20(22)12-18-7-5-4-6-8-18;3-2(4,5)1(6)7/h4-10,13,15,17,20,22,25,27H,3,11-12,14,16H2,1-2H3;(H,6,7)/t20-,22+;/m0./s1. The minimum atomic E-state index is -5.08. The molecule has 13 heteroatoms. The Morgan fingerprint density at radius 3 is 2.46 bits per heavy atom. The first kappa shape index (κ1) is 30.1. The third-order valence-corrected chi connectivity index (χ3v) is 7.28. The van der Waals surface area contributed by atoms with Gasteiger partial charge in [-0.25, -0.2) is 22.9 Å². The second-order valence-electron chi connectivity index (χ2n) is 9.04. The van der Waals surface area contributed by atoms with Gasteiger partial charge < -0.3 is 19.7 Å². The topological polar surface area (TPSA) is 123 Å². The monoisotopic (exact) mass is 568 g/mol. The maximum absolute atomic E-state index is 12.6. The van der Waals surface area contributed by atoms with Gasteiger partial charge in [0.15, 0.2) is 5.03 Å². The molecule has 9 nitrogen and oxygen atoms in total. The number of hydrogen-bond acceptors (Lipinski definition) is 6. The highest BCUT2D eigenvalue weighted by molar-refractivity contribution is 7.89. The summed E-state index contributed by atoms with van der Waals surface area (Å²) >= 11 is 0. The summed E-state index contributed by atoms with van der Waals surface area (Å²) in [6.07, 6.45) is -0.177. The number of aryl methyl sites for hydroxylation is 1. The van der Waals surface area contributed by atoms with Crippen LogP contribution in [0.25, 0.3) is 0 Å². The molecule has 4 rings (SSSR count). The number of nitrogens with zero attached hydrogens (tertiary/aromatic N) is 2. The number of sulfonamides is 1. The first-order chi connectivity index (χ1) is 18.4. The van der Waals surface area contributed by atoms with E-state index in [0.717, 1.165) is 36.3 Å². The van der Waals surface area contributed by atoms with E-state index < -0.39 is 22.2 Å². The Hall–Kier alpha value is -3.42. The van der Waals surface area contributed by atoms with Crippen molar-refractivity contribution in [2.45, 2.75) is 49.5 Å². The number of aliphatic carboxylic acids is 1. The molecule has 0 bridgehead atoms. The molecule has 0 amide bonds. The van der Waals surface area contributed by atoms with Crippen LogP contribution < -0.4 is 14.8 Å². The lowest BCUT2D eigenvalue weighted by atomic mass is 9.83. The van der Waals surface area contributed by atoms with Crippen molar-refractivity contribution in [3.63, 3.8) is 0 Å². The van der Waals surface area contributed by atoms with Gasteiger partial charge in [-0.2, -0.15) is 13.2 Å². The van der Waals surface area contributed by atoms with Gasteiger partial charge >= 0.3 is 12.1 Å². The van der Waals surface area contributed by atoms with Crippen molar-refractivity contribution in [1.82, 2.24) is 19.6 Å². The Balaban J connectivity index is 0.000000532. The molecule has 3 N–H and O–H groups in total. The van der Waals surface area contributed by atoms with Gasteiger partial charge in [0, 0.05) is 31.7 Å². The van der Waals surface area contributed by atoms with E-state index in [1.807, 2.05) is 18.2 Å². The van der Waals surface area contributed by atoms with Gasteiger partial charge in [-0.15, -0.1) is 0 Å². The molecular weight excluding hydrogens is 537 g/mol. The zero-order valence-electron chi connectivity index (χ0n) is 21.5. The molecule has 0 saturated heterocycles. The second-order valence-corrected chi connectivity index (χ2v) is 10.8. The number of carboxylic acid groups (broad SMARTS) is 1. The van der Waals surface area contributed by atoms with E-state index in [4.69, 9.17) is 14.6 Å². The van der Waals surface area contributed by atoms with Crippen LogP contribution in [0.1, 0.15) is 36.0 Å². The molecule has 39 heavy (non-hydrogen) atoms. The fourth-order valence-corrected chi connectivity index (χ4v) is 5.07. The van der Waals surface area contributed by atoms with Crippen LogP contribution in [0.5, 0.6) is 5.75 Å². The summed E-state index contributed by atoms with van der Waals surface area (Å²) in [4.78, 5) is 12.8. The third-order valence-electron chi connectivity index (χ3n) is 6.00. The number of hydrogen-bond donors (Lipinski definition) is 3. The fraction of sp³-hybridized carbons (Fsp3) is 0.385. The van der Waals surface area contributed by atoms with E-state index in [-0.39, 0.29) is 23.5 Å². The first-order valence-corrected chi connectivity index (χ1v) is 13.7. The van der Waals surface area contributed by atoms with E-state index >= 15 is 0 Å². The Morgan fingerprint density at radius 2 is 1.87 bits per heavy atom. The highest BCUT2D eigenvalue weighted by atomic mass is 32.2. The summed E-state index contributed by atoms with van der Waals surface area (Å²) in [6, 6.07) is 16.6. The van der Waals surface area contributed by atoms with Gasteiger partial charge in [-0.1, -0.05) is 49.4 Å². The number of alkyl halides is 3. The molecule has 3 aromatic rings. The maximum Gasteiger partial charge on any atom is 0.490 e. The number of halogens is 3. The third kappa shape index (κ3) is 8.53. The number of imidazole rings is 1. The van der Waals surface area contributed by atoms with Gasteiger partial charge in [0.2, 0.25) is 0 Å². The summed E-state index contributed by atoms with van der Waals surface area (Å²) in [5, 5.41) is 10.8. The zero-order valence-corrected chi connectivity index (χ0v) is 22.3. The van der Waals surface area contributed by atoms with Crippen LogP contribution in [0, 0.1) is 0 Å². The number of carbonyl (C=O) groups is 1. The minimum absolute atomic E-state index is 0.0204. The lowest BCUT2D eigenvalue weighted by Gasteiger charge is -2.35. The number of carboxylic acids is 1. The van der Waals surface area contributed by atoms with Gasteiger partial charge in [0.1, 0.15) is 12.4 Å². The van der Waals surface area contributed by atoms with E-state index in [9.17, 15) is 21.6 Å². The summed E-state index contributed by atoms with van der Waals surface area (Å²) < 4.78 is 67.2. The number of ether oxygens (including phenoxy) is 1. The van der Waals surface area contributed by atoms with Crippen LogP contribution in [0.4, 0.5) is 13.2 Å². The van der Waals surface area contributed by atoms with E-state index in [2.05, 4.69) is 52.3 Å². The number of rotatable bonds is 9. The summed E-state index contributed by atoms with van der Waals surface area (Å²) in [5.41, 5.74) is 3.28. The quantitative estimate of drug-likeness (QED) is 0.360. The first-order valence-electron chi connectivity index (χ1n) is 12.2. The fourth-order valence-electron chi connectivity index (χ4n) is 4.07. The van der Waals surface area contributed by atoms with E-state index in [0.29, 0.717) is 6.61 Å². The van der Waals surface area contributed by atoms with Gasteiger partial charge in [-0.3, -0.25) is 0 Å². The van der Waals surface area contributed by atoms with Crippen LogP contribution in [-0.2, 0) is 34.8 Å². The largest absolute Gasteiger partial charge is 0.492 e. The molecule has 0 fully saturated rings. The Labute approximate surface area is 225 Å². The predicted octanol–water partition coefficient (Wildman–Crippen LogP) is 3.62. The maximum atomic E-state index is 12.6. The molecule has 0 spiro atoms. The average Bonchev–Trinajstić information content (AvgIpc) is 3.35. The van der Waals surface area contributed by atoms with Crippen molar-refractivity contribution in [3.05, 3.63) is 77.7 Å². The highest BCUT2D eigenvalue weighted by Gasteiger charge is 2.38. The van der Waals surface area contributed by atoms with Crippen LogP contribution in [0.3, 0.4) is 0 Å². The predicted molar refractivity (Wildman–Crippen MR) is 138 cm³/mol. The lowest BCUT2D eigenvalue weighted by Crippen LogP contribution is -2.43. The van der Waals surface area contributed by atoms with Crippen molar-refractivity contribution in [2.75, 3.05) is 13.2 Å². The molecular formula is C26H31F3N4O5S. The smallest absolute Gasteiger partial charge is 0.490 e. The highest BCUT2D eigenvalue weighted by Crippen LogP contribution is 2.37. The number of nitrogens with one attached hydrogen (secondary N) is 2. The van der Waals surface area contributed by atoms with Crippen molar-refractivity contribution < 1.29 is 36.2 Å². The summed E-state index contributed by atoms with van der Waals surface area (Å²) in [5.74, 6) is -1.65. The van der Waals surface area contributed by atoms with Crippen molar-refractivity contribution >= 4 is 16.0 Å². The van der Waals surface area contributed by atoms with E-state index in [1.165, 1.54) is 18.1 Å². The van der Waals surface area contributed by atoms with Gasteiger partial charge in [-0.05, 0) is 42.1 Å². The van der Waals surface area contributed by atoms with Crippen LogP contribution in [-0.4, -0.2) is 54.4 Å². The molecule has 212 valence electrons. The molecule has 2 aromatic carbocycles. The SMILES string of the molecule is CCCN[C@@H]1COc2ccc(CNS(=O)(=O)c3cn(C)cn3)cc2[C@@H]1Cc1ccccc1.O=C(O)C(F)(F)F. The molecule has 0 saturated carbocycles. The minimum Gasteiger partial charge on any atom is -0.492 e. The molecule has 1 aliphatic rings. The van der Waals surface area contributed by atoms with Crippen LogP contribution in [0.2, 0.25) is 0 Å². The van der Waals surface area contributed by atoms with Crippen molar-refractivity contribution in [3.8, 4) is 5.75 Å². The lowest BCUT2D eigenvalue weighted by molar-refractivity contribution is -0.192. The van der Waals surface area contributed by atoms with E-state index in [1.54, 1.807) is 11.6 Å². The van der Waals surface area contributed by atoms with Crippen molar-refractivity contribution in [2.24, 2.45) is 7.05 Å². The normalized spacial score (nSPS) is 16.9. The zero-order chi connectivity index (χ0) is 28.6. The average molecular weight is 569 g/mol. The van der Waals surface area contributed by atoms with Crippen molar-refractivity contribution in [1.29, 1.82) is 0 Å². The molecule has 0 radical (unpaired) electrons. The number of fused-ring (bicyclic) bond motifs is 1. The Morgan fingerprint density at radius 1 is 1.18 bits per heavy atom. The Bertz CT molecular complexity index is 1350. The molecule has 0 unspecified atom stereocenters. The molecule has 1 aliphatic heterocycles. The summed E-state index contributed by atoms with van der Waals surface area (Å²) in [7, 11) is -1.93. The molecule has 2 atom stereocenters. The number of aromatic nitrogens is 2. The number of benzene rings is 2. The molecule has 2 heterocycles. The Kier molecular flexibility index (Phi) is 10.1. The van der Waals surface area contributed by atoms with Gasteiger partial charge in [0.05, 0.1) is 6.33 Å². The molecule has 0 aliphatic carbocycles.